The van der Waals surface area contributed by atoms with Crippen molar-refractivity contribution in [2.75, 3.05) is 0 Å². The molecular weight excluding hydrogens is 228 g/mol. The molecule has 5 nitrogen and oxygen atoms in total. The fourth-order valence-corrected chi connectivity index (χ4v) is 1.76. The highest BCUT2D eigenvalue weighted by Crippen LogP contribution is 2.08. The molecule has 0 aliphatic carbocycles. The highest BCUT2D eigenvalue weighted by atomic mass is 16.3. The van der Waals surface area contributed by atoms with Crippen molar-refractivity contribution in [3.8, 4) is 0 Å². The summed E-state index contributed by atoms with van der Waals surface area (Å²) in [5.41, 5.74) is 0. The van der Waals surface area contributed by atoms with E-state index >= 15 is 0 Å². The zero-order valence-corrected chi connectivity index (χ0v) is 11.0. The van der Waals surface area contributed by atoms with E-state index in [2.05, 4.69) is 29.2 Å². The second-order valence-electron chi connectivity index (χ2n) is 4.45. The van der Waals surface area contributed by atoms with Crippen LogP contribution in [0, 0.1) is 0 Å². The molecule has 2 aromatic rings. The summed E-state index contributed by atoms with van der Waals surface area (Å²) in [5, 5.41) is 7.52. The standard InChI is InChI=1S/C13H20N4O/c1-3-12-4-5-13(18-12)8-15-11(2)6-7-17-10-14-9-16-17/h4-5,9-11,15H,3,6-8H2,1-2H3. The van der Waals surface area contributed by atoms with Crippen molar-refractivity contribution in [3.63, 3.8) is 0 Å². The molecule has 0 aromatic carbocycles. The van der Waals surface area contributed by atoms with Gasteiger partial charge < -0.3 is 9.73 Å². The topological polar surface area (TPSA) is 55.9 Å². The van der Waals surface area contributed by atoms with Crippen molar-refractivity contribution in [2.24, 2.45) is 0 Å². The van der Waals surface area contributed by atoms with Gasteiger partial charge in [0, 0.05) is 19.0 Å². The minimum atomic E-state index is 0.421. The summed E-state index contributed by atoms with van der Waals surface area (Å²) >= 11 is 0. The van der Waals surface area contributed by atoms with E-state index in [1.54, 1.807) is 12.7 Å². The molecule has 1 unspecified atom stereocenters. The fourth-order valence-electron chi connectivity index (χ4n) is 1.76. The van der Waals surface area contributed by atoms with Gasteiger partial charge >= 0.3 is 0 Å². The van der Waals surface area contributed by atoms with Crippen LogP contribution in [0.3, 0.4) is 0 Å². The molecule has 0 amide bonds. The Labute approximate surface area is 107 Å². The van der Waals surface area contributed by atoms with E-state index in [4.69, 9.17) is 4.42 Å². The lowest BCUT2D eigenvalue weighted by Gasteiger charge is -2.12. The van der Waals surface area contributed by atoms with Crippen molar-refractivity contribution in [1.29, 1.82) is 0 Å². The number of furan rings is 1. The number of rotatable bonds is 7. The lowest BCUT2D eigenvalue weighted by molar-refractivity contribution is 0.409. The van der Waals surface area contributed by atoms with Gasteiger partial charge in [0.1, 0.15) is 24.2 Å². The summed E-state index contributed by atoms with van der Waals surface area (Å²) in [6.45, 7) is 5.92. The quantitative estimate of drug-likeness (QED) is 0.814. The molecule has 2 heterocycles. The normalized spacial score (nSPS) is 12.8. The number of hydrogen-bond donors (Lipinski definition) is 1. The van der Waals surface area contributed by atoms with Gasteiger partial charge in [-0.3, -0.25) is 4.68 Å². The molecule has 0 aliphatic rings. The Bertz CT molecular complexity index is 449. The SMILES string of the molecule is CCc1ccc(CNC(C)CCn2cncn2)o1. The first-order valence-electron chi connectivity index (χ1n) is 6.41. The summed E-state index contributed by atoms with van der Waals surface area (Å²) in [6.07, 6.45) is 5.27. The van der Waals surface area contributed by atoms with Gasteiger partial charge in [-0.15, -0.1) is 0 Å². The third-order valence-electron chi connectivity index (χ3n) is 2.95. The number of hydrogen-bond acceptors (Lipinski definition) is 4. The van der Waals surface area contributed by atoms with Crippen molar-refractivity contribution >= 4 is 0 Å². The molecule has 0 bridgehead atoms. The van der Waals surface area contributed by atoms with Crippen molar-refractivity contribution in [2.45, 2.75) is 45.8 Å². The molecule has 1 N–H and O–H groups in total. The zero-order valence-electron chi connectivity index (χ0n) is 11.0. The van der Waals surface area contributed by atoms with Crippen LogP contribution < -0.4 is 5.32 Å². The molecule has 0 radical (unpaired) electrons. The van der Waals surface area contributed by atoms with E-state index in [-0.39, 0.29) is 0 Å². The molecule has 5 heteroatoms. The van der Waals surface area contributed by atoms with Gasteiger partial charge in [0.2, 0.25) is 0 Å². The van der Waals surface area contributed by atoms with E-state index in [0.29, 0.717) is 6.04 Å². The lowest BCUT2D eigenvalue weighted by atomic mass is 10.2. The van der Waals surface area contributed by atoms with Gasteiger partial charge in [0.25, 0.3) is 0 Å². The average molecular weight is 248 g/mol. The summed E-state index contributed by atoms with van der Waals surface area (Å²) in [5.74, 6) is 2.04. The van der Waals surface area contributed by atoms with E-state index in [1.165, 1.54) is 0 Å². The highest BCUT2D eigenvalue weighted by molar-refractivity contribution is 5.06. The molecular formula is C13H20N4O. The smallest absolute Gasteiger partial charge is 0.137 e. The lowest BCUT2D eigenvalue weighted by Crippen LogP contribution is -2.26. The minimum absolute atomic E-state index is 0.421. The van der Waals surface area contributed by atoms with Gasteiger partial charge in [0.15, 0.2) is 0 Å². The molecule has 18 heavy (non-hydrogen) atoms. The molecule has 1 atom stereocenters. The molecule has 0 saturated carbocycles. The fraction of sp³-hybridized carbons (Fsp3) is 0.538. The molecule has 0 aliphatic heterocycles. The number of nitrogens with zero attached hydrogens (tertiary/aromatic N) is 3. The molecule has 0 spiro atoms. The summed E-state index contributed by atoms with van der Waals surface area (Å²) in [4.78, 5) is 3.92. The Balaban J connectivity index is 1.69. The molecule has 2 aromatic heterocycles. The maximum Gasteiger partial charge on any atom is 0.137 e. The predicted octanol–water partition coefficient (Wildman–Crippen LogP) is 2.00. The Hall–Kier alpha value is -1.62. The third-order valence-corrected chi connectivity index (χ3v) is 2.95. The highest BCUT2D eigenvalue weighted by Gasteiger charge is 2.05. The van der Waals surface area contributed by atoms with Gasteiger partial charge in [-0.25, -0.2) is 4.98 Å². The van der Waals surface area contributed by atoms with Crippen LogP contribution in [0.4, 0.5) is 0 Å². The average Bonchev–Trinajstić information content (AvgIpc) is 3.04. The van der Waals surface area contributed by atoms with Crippen LogP contribution >= 0.6 is 0 Å². The molecule has 2 rings (SSSR count). The van der Waals surface area contributed by atoms with Gasteiger partial charge in [0.05, 0.1) is 6.54 Å². The Morgan fingerprint density at radius 1 is 1.39 bits per heavy atom. The minimum Gasteiger partial charge on any atom is -0.465 e. The van der Waals surface area contributed by atoms with Crippen LogP contribution in [0.15, 0.2) is 29.2 Å². The van der Waals surface area contributed by atoms with E-state index in [0.717, 1.165) is 37.5 Å². The van der Waals surface area contributed by atoms with E-state index in [9.17, 15) is 0 Å². The zero-order chi connectivity index (χ0) is 12.8. The van der Waals surface area contributed by atoms with Crippen LogP contribution in [0.1, 0.15) is 31.8 Å². The predicted molar refractivity (Wildman–Crippen MR) is 69.0 cm³/mol. The van der Waals surface area contributed by atoms with Gasteiger partial charge in [-0.05, 0) is 25.5 Å². The Kier molecular flexibility index (Phi) is 4.52. The summed E-state index contributed by atoms with van der Waals surface area (Å²) < 4.78 is 7.49. The van der Waals surface area contributed by atoms with E-state index < -0.39 is 0 Å². The Morgan fingerprint density at radius 2 is 2.22 bits per heavy atom. The van der Waals surface area contributed by atoms with Crippen LogP contribution in [0.25, 0.3) is 0 Å². The van der Waals surface area contributed by atoms with Gasteiger partial charge in [-0.2, -0.15) is 5.10 Å². The van der Waals surface area contributed by atoms with Crippen molar-refractivity contribution < 1.29 is 4.42 Å². The maximum absolute atomic E-state index is 5.64. The first-order valence-corrected chi connectivity index (χ1v) is 6.41. The van der Waals surface area contributed by atoms with Crippen LogP contribution in [0.5, 0.6) is 0 Å². The second-order valence-corrected chi connectivity index (χ2v) is 4.45. The first kappa shape index (κ1) is 12.8. The maximum atomic E-state index is 5.64. The third kappa shape index (κ3) is 3.70. The van der Waals surface area contributed by atoms with Crippen LogP contribution in [-0.4, -0.2) is 20.8 Å². The number of aromatic nitrogens is 3. The monoisotopic (exact) mass is 248 g/mol. The molecule has 0 fully saturated rings. The number of aryl methyl sites for hydroxylation is 2. The molecule has 98 valence electrons. The second kappa shape index (κ2) is 6.35. The summed E-state index contributed by atoms with van der Waals surface area (Å²) in [7, 11) is 0. The molecule has 0 saturated heterocycles. The van der Waals surface area contributed by atoms with Crippen LogP contribution in [0.2, 0.25) is 0 Å². The summed E-state index contributed by atoms with van der Waals surface area (Å²) in [6, 6.07) is 4.50. The van der Waals surface area contributed by atoms with Crippen LogP contribution in [-0.2, 0) is 19.5 Å². The van der Waals surface area contributed by atoms with Crippen molar-refractivity contribution in [1.82, 2.24) is 20.1 Å². The largest absolute Gasteiger partial charge is 0.465 e. The number of nitrogens with one attached hydrogen (secondary N) is 1. The van der Waals surface area contributed by atoms with Gasteiger partial charge in [-0.1, -0.05) is 6.92 Å². The first-order chi connectivity index (χ1) is 8.78. The van der Waals surface area contributed by atoms with Crippen molar-refractivity contribution in [3.05, 3.63) is 36.3 Å². The van der Waals surface area contributed by atoms with E-state index in [1.807, 2.05) is 16.8 Å². The Morgan fingerprint density at radius 3 is 2.89 bits per heavy atom.